The molecule has 0 amide bonds. The summed E-state index contributed by atoms with van der Waals surface area (Å²) in [5.74, 6) is -0.188. The molecular formula is C13H7BrClNO3S. The van der Waals surface area contributed by atoms with E-state index in [9.17, 15) is 14.9 Å². The van der Waals surface area contributed by atoms with Gasteiger partial charge in [0, 0.05) is 6.07 Å². The maximum absolute atomic E-state index is 11.8. The van der Waals surface area contributed by atoms with Crippen LogP contribution < -0.4 is 0 Å². The first-order chi connectivity index (χ1) is 9.47. The monoisotopic (exact) mass is 371 g/mol. The maximum Gasteiger partial charge on any atom is 0.284 e. The zero-order valence-electron chi connectivity index (χ0n) is 9.88. The first kappa shape index (κ1) is 14.9. The van der Waals surface area contributed by atoms with E-state index in [2.05, 4.69) is 15.9 Å². The smallest absolute Gasteiger partial charge is 0.284 e. The minimum absolute atomic E-state index is 0.0428. The zero-order valence-corrected chi connectivity index (χ0v) is 13.0. The van der Waals surface area contributed by atoms with Gasteiger partial charge in [-0.3, -0.25) is 14.9 Å². The van der Waals surface area contributed by atoms with E-state index in [1.54, 1.807) is 24.3 Å². The Bertz CT molecular complexity index is 711. The first-order valence-electron chi connectivity index (χ1n) is 5.39. The number of nitrogens with zero attached hydrogens (tertiary/aromatic N) is 1. The van der Waals surface area contributed by atoms with Crippen molar-refractivity contribution in [3.8, 4) is 0 Å². The second-order valence-corrected chi connectivity index (χ2v) is 6.34. The molecule has 0 saturated carbocycles. The fraction of sp³-hybridized carbons (Fsp3) is 0. The molecule has 0 unspecified atom stereocenters. The van der Waals surface area contributed by atoms with E-state index in [0.29, 0.717) is 19.2 Å². The Morgan fingerprint density at radius 3 is 2.70 bits per heavy atom. The Labute approximate surface area is 132 Å². The van der Waals surface area contributed by atoms with Crippen molar-refractivity contribution in [2.24, 2.45) is 0 Å². The molecule has 102 valence electrons. The van der Waals surface area contributed by atoms with Gasteiger partial charge >= 0.3 is 0 Å². The number of rotatable bonds is 4. The van der Waals surface area contributed by atoms with Gasteiger partial charge in [0.15, 0.2) is 5.78 Å². The lowest BCUT2D eigenvalue weighted by atomic mass is 10.1. The molecule has 0 bridgehead atoms. The standard InChI is InChI=1S/C13H7BrClNO3S/c14-9-3-1-8(7-10(9)16(18)19)2-4-11(17)12-5-6-13(15)20-12/h1-7H/b4-2+. The molecule has 0 saturated heterocycles. The van der Waals surface area contributed by atoms with Crippen molar-refractivity contribution >= 4 is 56.4 Å². The number of thiophene rings is 1. The average Bonchev–Trinajstić information content (AvgIpc) is 2.84. The van der Waals surface area contributed by atoms with Gasteiger partial charge in [-0.25, -0.2) is 0 Å². The van der Waals surface area contributed by atoms with Crippen LogP contribution in [0, 0.1) is 10.1 Å². The van der Waals surface area contributed by atoms with Gasteiger partial charge in [0.1, 0.15) is 0 Å². The summed E-state index contributed by atoms with van der Waals surface area (Å²) in [6.07, 6.45) is 2.91. The molecule has 7 heteroatoms. The van der Waals surface area contributed by atoms with Crippen LogP contribution in [-0.2, 0) is 0 Å². The van der Waals surface area contributed by atoms with Gasteiger partial charge < -0.3 is 0 Å². The molecule has 0 N–H and O–H groups in total. The van der Waals surface area contributed by atoms with Gasteiger partial charge in [-0.1, -0.05) is 23.7 Å². The number of nitro groups is 1. The largest absolute Gasteiger partial charge is 0.288 e. The lowest BCUT2D eigenvalue weighted by Gasteiger charge is -1.97. The van der Waals surface area contributed by atoms with Gasteiger partial charge in [-0.05, 0) is 45.8 Å². The summed E-state index contributed by atoms with van der Waals surface area (Å²) in [5.41, 5.74) is 0.537. The van der Waals surface area contributed by atoms with E-state index in [1.807, 2.05) is 0 Å². The molecule has 2 aromatic rings. The zero-order chi connectivity index (χ0) is 14.7. The summed E-state index contributed by atoms with van der Waals surface area (Å²) in [4.78, 5) is 22.7. The number of carbonyl (C=O) groups is 1. The van der Waals surface area contributed by atoms with Gasteiger partial charge in [0.25, 0.3) is 5.69 Å². The van der Waals surface area contributed by atoms with E-state index < -0.39 is 4.92 Å². The van der Waals surface area contributed by atoms with Gasteiger partial charge in [-0.15, -0.1) is 11.3 Å². The van der Waals surface area contributed by atoms with Crippen LogP contribution in [0.3, 0.4) is 0 Å². The Morgan fingerprint density at radius 2 is 2.10 bits per heavy atom. The molecule has 1 heterocycles. The second kappa shape index (κ2) is 6.30. The lowest BCUT2D eigenvalue weighted by molar-refractivity contribution is -0.385. The van der Waals surface area contributed by atoms with E-state index in [1.165, 1.54) is 29.6 Å². The van der Waals surface area contributed by atoms with Crippen molar-refractivity contribution in [2.75, 3.05) is 0 Å². The van der Waals surface area contributed by atoms with Crippen LogP contribution in [0.2, 0.25) is 4.34 Å². The molecule has 0 aliphatic rings. The molecule has 1 aromatic heterocycles. The molecule has 0 fully saturated rings. The normalized spacial score (nSPS) is 10.9. The third-order valence-corrected chi connectivity index (χ3v) is 4.33. The SMILES string of the molecule is O=C(/C=C/c1ccc(Br)c([N+](=O)[O-])c1)c1ccc(Cl)s1. The lowest BCUT2D eigenvalue weighted by Crippen LogP contribution is -1.91. The van der Waals surface area contributed by atoms with Crippen molar-refractivity contribution in [1.29, 1.82) is 0 Å². The summed E-state index contributed by atoms with van der Waals surface area (Å²) in [6.45, 7) is 0. The molecule has 0 aliphatic heterocycles. The third kappa shape index (κ3) is 3.53. The molecule has 0 radical (unpaired) electrons. The summed E-state index contributed by atoms with van der Waals surface area (Å²) in [5, 5.41) is 10.8. The van der Waals surface area contributed by atoms with Gasteiger partial charge in [0.05, 0.1) is 18.6 Å². The minimum atomic E-state index is -0.484. The number of benzene rings is 1. The summed E-state index contributed by atoms with van der Waals surface area (Å²) < 4.78 is 0.942. The fourth-order valence-corrected chi connectivity index (χ4v) is 2.83. The molecule has 20 heavy (non-hydrogen) atoms. The highest BCUT2D eigenvalue weighted by Crippen LogP contribution is 2.26. The van der Waals surface area contributed by atoms with Crippen LogP contribution in [0.1, 0.15) is 15.2 Å². The number of nitro benzene ring substituents is 1. The minimum Gasteiger partial charge on any atom is -0.288 e. The maximum atomic E-state index is 11.8. The third-order valence-electron chi connectivity index (χ3n) is 2.41. The number of halogens is 2. The Morgan fingerprint density at radius 1 is 1.35 bits per heavy atom. The van der Waals surface area contributed by atoms with Crippen molar-refractivity contribution < 1.29 is 9.72 Å². The number of carbonyl (C=O) groups excluding carboxylic acids is 1. The van der Waals surface area contributed by atoms with E-state index >= 15 is 0 Å². The van der Waals surface area contributed by atoms with Crippen LogP contribution >= 0.6 is 38.9 Å². The average molecular weight is 373 g/mol. The van der Waals surface area contributed by atoms with E-state index in [4.69, 9.17) is 11.6 Å². The van der Waals surface area contributed by atoms with Crippen molar-refractivity contribution in [3.63, 3.8) is 0 Å². The molecule has 0 aliphatic carbocycles. The van der Waals surface area contributed by atoms with Crippen LogP contribution in [0.4, 0.5) is 5.69 Å². The highest BCUT2D eigenvalue weighted by Gasteiger charge is 2.11. The number of hydrogen-bond acceptors (Lipinski definition) is 4. The van der Waals surface area contributed by atoms with Crippen molar-refractivity contribution in [3.05, 3.63) is 65.8 Å². The predicted molar refractivity (Wildman–Crippen MR) is 83.5 cm³/mol. The number of ketones is 1. The molecule has 0 spiro atoms. The summed E-state index contributed by atoms with van der Waals surface area (Å²) >= 11 is 10.1. The van der Waals surface area contributed by atoms with E-state index in [0.717, 1.165) is 0 Å². The highest BCUT2D eigenvalue weighted by atomic mass is 79.9. The van der Waals surface area contributed by atoms with Gasteiger partial charge in [-0.2, -0.15) is 0 Å². The van der Waals surface area contributed by atoms with Crippen LogP contribution in [0.25, 0.3) is 6.08 Å². The van der Waals surface area contributed by atoms with Crippen LogP contribution in [0.5, 0.6) is 0 Å². The number of hydrogen-bond donors (Lipinski definition) is 0. The molecular weight excluding hydrogens is 366 g/mol. The van der Waals surface area contributed by atoms with Crippen molar-refractivity contribution in [1.82, 2.24) is 0 Å². The summed E-state index contributed by atoms with van der Waals surface area (Å²) in [7, 11) is 0. The predicted octanol–water partition coefficient (Wildman–Crippen LogP) is 4.97. The number of allylic oxidation sites excluding steroid dienone is 1. The molecule has 2 rings (SSSR count). The van der Waals surface area contributed by atoms with Crippen LogP contribution in [0.15, 0.2) is 40.9 Å². The van der Waals surface area contributed by atoms with Crippen LogP contribution in [-0.4, -0.2) is 10.7 Å². The first-order valence-corrected chi connectivity index (χ1v) is 7.38. The fourth-order valence-electron chi connectivity index (χ4n) is 1.47. The summed E-state index contributed by atoms with van der Waals surface area (Å²) in [6, 6.07) is 7.95. The van der Waals surface area contributed by atoms with Gasteiger partial charge in [0.2, 0.25) is 0 Å². The molecule has 0 atom stereocenters. The van der Waals surface area contributed by atoms with E-state index in [-0.39, 0.29) is 11.5 Å². The second-order valence-electron chi connectivity index (χ2n) is 3.77. The molecule has 4 nitrogen and oxygen atoms in total. The quantitative estimate of drug-likeness (QED) is 0.329. The highest BCUT2D eigenvalue weighted by molar-refractivity contribution is 9.10. The Balaban J connectivity index is 2.21. The molecule has 1 aromatic carbocycles. The Hall–Kier alpha value is -1.50. The van der Waals surface area contributed by atoms with Crippen molar-refractivity contribution in [2.45, 2.75) is 0 Å². The Kier molecular flexibility index (Phi) is 4.69. The topological polar surface area (TPSA) is 60.2 Å².